The second-order valence-corrected chi connectivity index (χ2v) is 4.73. The summed E-state index contributed by atoms with van der Waals surface area (Å²) >= 11 is 0. The second kappa shape index (κ2) is 5.65. The Balaban J connectivity index is 2.55. The average molecular weight is 237 g/mol. The van der Waals surface area contributed by atoms with Gasteiger partial charge in [-0.1, -0.05) is 49.1 Å². The summed E-state index contributed by atoms with van der Waals surface area (Å²) in [7, 11) is 4.19. The SMILES string of the molecule is C=CC=Cc1cc2ccccc2cc1CN(C)C. The smallest absolute Gasteiger partial charge is 0.0233 e. The van der Waals surface area contributed by atoms with Gasteiger partial charge in [0.25, 0.3) is 0 Å². The van der Waals surface area contributed by atoms with Gasteiger partial charge >= 0.3 is 0 Å². The van der Waals surface area contributed by atoms with Crippen LogP contribution in [-0.2, 0) is 6.54 Å². The van der Waals surface area contributed by atoms with Crippen molar-refractivity contribution < 1.29 is 0 Å². The van der Waals surface area contributed by atoms with Crippen molar-refractivity contribution in [3.63, 3.8) is 0 Å². The topological polar surface area (TPSA) is 3.24 Å². The monoisotopic (exact) mass is 237 g/mol. The Hall–Kier alpha value is -1.86. The Labute approximate surface area is 109 Å². The minimum absolute atomic E-state index is 0.946. The molecule has 2 aromatic rings. The third kappa shape index (κ3) is 2.88. The highest BCUT2D eigenvalue weighted by Gasteiger charge is 2.03. The molecule has 0 amide bonds. The van der Waals surface area contributed by atoms with E-state index in [0.29, 0.717) is 0 Å². The van der Waals surface area contributed by atoms with Crippen molar-refractivity contribution in [1.82, 2.24) is 4.90 Å². The summed E-state index contributed by atoms with van der Waals surface area (Å²) in [6, 6.07) is 13.0. The summed E-state index contributed by atoms with van der Waals surface area (Å²) < 4.78 is 0. The first-order valence-corrected chi connectivity index (χ1v) is 6.16. The maximum atomic E-state index is 3.73. The molecule has 2 rings (SSSR count). The fourth-order valence-corrected chi connectivity index (χ4v) is 2.11. The van der Waals surface area contributed by atoms with Crippen molar-refractivity contribution in [2.45, 2.75) is 6.54 Å². The van der Waals surface area contributed by atoms with E-state index >= 15 is 0 Å². The lowest BCUT2D eigenvalue weighted by Gasteiger charge is -2.13. The fourth-order valence-electron chi connectivity index (χ4n) is 2.11. The molecule has 0 aliphatic carbocycles. The lowest BCUT2D eigenvalue weighted by molar-refractivity contribution is 0.402. The first-order chi connectivity index (χ1) is 8.70. The van der Waals surface area contributed by atoms with Crippen LogP contribution < -0.4 is 0 Å². The molecule has 0 spiro atoms. The molecular formula is C17H19N. The van der Waals surface area contributed by atoms with E-state index in [4.69, 9.17) is 0 Å². The minimum Gasteiger partial charge on any atom is -0.305 e. The maximum absolute atomic E-state index is 3.73. The van der Waals surface area contributed by atoms with E-state index in [2.05, 4.69) is 68.0 Å². The Kier molecular flexibility index (Phi) is 3.96. The highest BCUT2D eigenvalue weighted by molar-refractivity contribution is 5.86. The highest BCUT2D eigenvalue weighted by atomic mass is 15.0. The zero-order valence-electron chi connectivity index (χ0n) is 11.1. The molecule has 0 fully saturated rings. The molecular weight excluding hydrogens is 218 g/mol. The number of rotatable bonds is 4. The molecule has 0 unspecified atom stereocenters. The predicted molar refractivity (Wildman–Crippen MR) is 80.6 cm³/mol. The quantitative estimate of drug-likeness (QED) is 0.724. The molecule has 1 nitrogen and oxygen atoms in total. The van der Waals surface area contributed by atoms with Crippen molar-refractivity contribution in [3.05, 3.63) is 66.3 Å². The Morgan fingerprint density at radius 3 is 2.39 bits per heavy atom. The van der Waals surface area contributed by atoms with Gasteiger partial charge in [-0.3, -0.25) is 0 Å². The first-order valence-electron chi connectivity index (χ1n) is 6.16. The third-order valence-electron chi connectivity index (χ3n) is 2.91. The van der Waals surface area contributed by atoms with Crippen LogP contribution in [0.15, 0.2) is 55.1 Å². The molecule has 0 atom stereocenters. The fraction of sp³-hybridized carbons (Fsp3) is 0.176. The van der Waals surface area contributed by atoms with Crippen molar-refractivity contribution in [2.75, 3.05) is 14.1 Å². The number of fused-ring (bicyclic) bond motifs is 1. The molecule has 1 heteroatoms. The molecule has 92 valence electrons. The van der Waals surface area contributed by atoms with Gasteiger partial charge in [0.1, 0.15) is 0 Å². The zero-order chi connectivity index (χ0) is 13.0. The Morgan fingerprint density at radius 1 is 1.11 bits per heavy atom. The van der Waals surface area contributed by atoms with Gasteiger partial charge in [0, 0.05) is 6.54 Å². The molecule has 18 heavy (non-hydrogen) atoms. The van der Waals surface area contributed by atoms with E-state index < -0.39 is 0 Å². The minimum atomic E-state index is 0.946. The van der Waals surface area contributed by atoms with Crippen LogP contribution in [0.3, 0.4) is 0 Å². The molecule has 0 bridgehead atoms. The van der Waals surface area contributed by atoms with Gasteiger partial charge in [-0.15, -0.1) is 0 Å². The van der Waals surface area contributed by atoms with Gasteiger partial charge in [-0.05, 0) is 48.1 Å². The molecule has 2 aromatic carbocycles. The summed E-state index contributed by atoms with van der Waals surface area (Å²) in [6.07, 6.45) is 5.93. The maximum Gasteiger partial charge on any atom is 0.0233 e. The summed E-state index contributed by atoms with van der Waals surface area (Å²) in [4.78, 5) is 2.19. The van der Waals surface area contributed by atoms with Crippen molar-refractivity contribution >= 4 is 16.8 Å². The van der Waals surface area contributed by atoms with Gasteiger partial charge in [-0.25, -0.2) is 0 Å². The van der Waals surface area contributed by atoms with Crippen molar-refractivity contribution in [1.29, 1.82) is 0 Å². The first kappa shape index (κ1) is 12.6. The molecule has 0 N–H and O–H groups in total. The van der Waals surface area contributed by atoms with Gasteiger partial charge < -0.3 is 4.90 Å². The van der Waals surface area contributed by atoms with Gasteiger partial charge in [-0.2, -0.15) is 0 Å². The van der Waals surface area contributed by atoms with Crippen molar-refractivity contribution in [3.8, 4) is 0 Å². The van der Waals surface area contributed by atoms with Crippen LogP contribution in [0.25, 0.3) is 16.8 Å². The van der Waals surface area contributed by atoms with Crippen LogP contribution in [0, 0.1) is 0 Å². The summed E-state index contributed by atoms with van der Waals surface area (Å²) in [5.41, 5.74) is 2.61. The van der Waals surface area contributed by atoms with Gasteiger partial charge in [0.2, 0.25) is 0 Å². The highest BCUT2D eigenvalue weighted by Crippen LogP contribution is 2.22. The van der Waals surface area contributed by atoms with Gasteiger partial charge in [0.15, 0.2) is 0 Å². The molecule has 0 saturated heterocycles. The number of allylic oxidation sites excluding steroid dienone is 2. The number of benzene rings is 2. The number of nitrogens with zero attached hydrogens (tertiary/aromatic N) is 1. The molecule has 0 radical (unpaired) electrons. The Morgan fingerprint density at radius 2 is 1.78 bits per heavy atom. The van der Waals surface area contributed by atoms with Crippen LogP contribution in [-0.4, -0.2) is 19.0 Å². The molecule has 0 aromatic heterocycles. The number of hydrogen-bond donors (Lipinski definition) is 0. The molecule has 0 aliphatic rings. The standard InChI is InChI=1S/C17H19N/c1-4-5-8-16-11-14-9-6-7-10-15(14)12-17(16)13-18(2)3/h4-12H,1,13H2,2-3H3. The van der Waals surface area contributed by atoms with E-state index in [1.54, 1.807) is 0 Å². The van der Waals surface area contributed by atoms with Gasteiger partial charge in [0.05, 0.1) is 0 Å². The third-order valence-corrected chi connectivity index (χ3v) is 2.91. The second-order valence-electron chi connectivity index (χ2n) is 4.73. The predicted octanol–water partition coefficient (Wildman–Crippen LogP) is 4.10. The number of hydrogen-bond acceptors (Lipinski definition) is 1. The largest absolute Gasteiger partial charge is 0.305 e. The Bertz CT molecular complexity index is 579. The van der Waals surface area contributed by atoms with Crippen LogP contribution in [0.5, 0.6) is 0 Å². The van der Waals surface area contributed by atoms with Crippen LogP contribution in [0.1, 0.15) is 11.1 Å². The van der Waals surface area contributed by atoms with Crippen LogP contribution in [0.2, 0.25) is 0 Å². The van der Waals surface area contributed by atoms with Crippen molar-refractivity contribution in [2.24, 2.45) is 0 Å². The van der Waals surface area contributed by atoms with Crippen LogP contribution in [0.4, 0.5) is 0 Å². The summed E-state index contributed by atoms with van der Waals surface area (Å²) in [5, 5.41) is 2.58. The van der Waals surface area contributed by atoms with E-state index in [1.165, 1.54) is 21.9 Å². The molecule has 0 aliphatic heterocycles. The lowest BCUT2D eigenvalue weighted by atomic mass is 10.00. The van der Waals surface area contributed by atoms with E-state index in [1.807, 2.05) is 12.2 Å². The van der Waals surface area contributed by atoms with E-state index in [-0.39, 0.29) is 0 Å². The lowest BCUT2D eigenvalue weighted by Crippen LogP contribution is -2.11. The zero-order valence-corrected chi connectivity index (χ0v) is 11.1. The normalized spacial score (nSPS) is 11.5. The average Bonchev–Trinajstić information content (AvgIpc) is 2.35. The molecule has 0 heterocycles. The van der Waals surface area contributed by atoms with E-state index in [0.717, 1.165) is 6.54 Å². The summed E-state index contributed by atoms with van der Waals surface area (Å²) in [6.45, 7) is 4.68. The summed E-state index contributed by atoms with van der Waals surface area (Å²) in [5.74, 6) is 0. The molecule has 0 saturated carbocycles. The van der Waals surface area contributed by atoms with Crippen LogP contribution >= 0.6 is 0 Å². The van der Waals surface area contributed by atoms with E-state index in [9.17, 15) is 0 Å².